The number of carbonyl (C=O) groups excluding carboxylic acids is 1. The van der Waals surface area contributed by atoms with Gasteiger partial charge in [0.1, 0.15) is 0 Å². The molecule has 0 aromatic heterocycles. The van der Waals surface area contributed by atoms with E-state index >= 15 is 0 Å². The van der Waals surface area contributed by atoms with E-state index in [9.17, 15) is 18.0 Å². The molecule has 0 saturated heterocycles. The first-order valence-corrected chi connectivity index (χ1v) is 7.14. The van der Waals surface area contributed by atoms with E-state index < -0.39 is 22.7 Å². The maximum atomic E-state index is 12.9. The summed E-state index contributed by atoms with van der Waals surface area (Å²) in [6.07, 6.45) is -1.48. The van der Waals surface area contributed by atoms with Crippen LogP contribution in [-0.4, -0.2) is 30.1 Å². The smallest absolute Gasteiger partial charge is 0.334 e. The number of hydrogen-bond donors (Lipinski definition) is 0. The predicted octanol–water partition coefficient (Wildman–Crippen LogP) is 3.93. The highest BCUT2D eigenvalue weighted by atomic mass is 35.5. The van der Waals surface area contributed by atoms with Gasteiger partial charge in [0.2, 0.25) is 0 Å². The van der Waals surface area contributed by atoms with Gasteiger partial charge in [-0.2, -0.15) is 13.2 Å². The molecule has 0 bridgehead atoms. The van der Waals surface area contributed by atoms with E-state index in [1.54, 1.807) is 6.21 Å². The Bertz CT molecular complexity index is 695. The molecule has 0 radical (unpaired) electrons. The molecule has 0 fully saturated rings. The molecule has 7 heteroatoms. The van der Waals surface area contributed by atoms with Gasteiger partial charge in [-0.25, -0.2) is 0 Å². The lowest BCUT2D eigenvalue weighted by Crippen LogP contribution is -2.36. The molecule has 116 valence electrons. The Kier molecular flexibility index (Phi) is 3.72. The highest BCUT2D eigenvalue weighted by Gasteiger charge is 2.35. The van der Waals surface area contributed by atoms with Gasteiger partial charge in [0, 0.05) is 37.8 Å². The van der Waals surface area contributed by atoms with Crippen LogP contribution < -0.4 is 0 Å². The second-order valence-corrected chi connectivity index (χ2v) is 5.59. The van der Waals surface area contributed by atoms with E-state index in [-0.39, 0.29) is 5.56 Å². The van der Waals surface area contributed by atoms with Gasteiger partial charge < -0.3 is 4.90 Å². The Morgan fingerprint density at radius 1 is 1.32 bits per heavy atom. The second kappa shape index (κ2) is 5.43. The summed E-state index contributed by atoms with van der Waals surface area (Å²) < 4.78 is 38.6. The lowest BCUT2D eigenvalue weighted by Gasteiger charge is -2.28. The predicted molar refractivity (Wildman–Crippen MR) is 77.1 cm³/mol. The third-order valence-corrected chi connectivity index (χ3v) is 4.22. The van der Waals surface area contributed by atoms with Crippen molar-refractivity contribution < 1.29 is 18.0 Å². The minimum absolute atomic E-state index is 0.112. The summed E-state index contributed by atoms with van der Waals surface area (Å²) in [7, 11) is 0. The Balaban J connectivity index is 1.88. The SMILES string of the molecule is O=C(c1cccc(C(F)(F)F)c1Cl)N1CCC2=C(CC=N2)C1. The molecule has 0 aliphatic carbocycles. The zero-order valence-electron chi connectivity index (χ0n) is 11.5. The van der Waals surface area contributed by atoms with Crippen LogP contribution in [0.4, 0.5) is 13.2 Å². The second-order valence-electron chi connectivity index (χ2n) is 5.21. The number of alkyl halides is 3. The topological polar surface area (TPSA) is 32.7 Å². The highest BCUT2D eigenvalue weighted by Crippen LogP contribution is 2.37. The van der Waals surface area contributed by atoms with E-state index in [0.717, 1.165) is 17.3 Å². The minimum Gasteiger partial charge on any atom is -0.334 e. The van der Waals surface area contributed by atoms with Crippen LogP contribution >= 0.6 is 11.6 Å². The van der Waals surface area contributed by atoms with Crippen LogP contribution in [0.5, 0.6) is 0 Å². The fourth-order valence-electron chi connectivity index (χ4n) is 2.68. The summed E-state index contributed by atoms with van der Waals surface area (Å²) in [4.78, 5) is 18.3. The first-order chi connectivity index (χ1) is 10.4. The van der Waals surface area contributed by atoms with Crippen molar-refractivity contribution in [3.8, 4) is 0 Å². The molecule has 1 amide bonds. The number of halogens is 4. The quantitative estimate of drug-likeness (QED) is 0.768. The maximum absolute atomic E-state index is 12.9. The van der Waals surface area contributed by atoms with Crippen molar-refractivity contribution in [2.24, 2.45) is 4.99 Å². The van der Waals surface area contributed by atoms with Crippen LogP contribution in [0, 0.1) is 0 Å². The lowest BCUT2D eigenvalue weighted by molar-refractivity contribution is -0.137. The van der Waals surface area contributed by atoms with Crippen LogP contribution in [0.2, 0.25) is 5.02 Å². The molecule has 2 aliphatic heterocycles. The van der Waals surface area contributed by atoms with Crippen molar-refractivity contribution in [3.05, 3.63) is 45.6 Å². The number of aliphatic imine (C=N–C) groups is 1. The molecule has 0 unspecified atom stereocenters. The van der Waals surface area contributed by atoms with Gasteiger partial charge in [-0.3, -0.25) is 9.79 Å². The average molecular weight is 329 g/mol. The minimum atomic E-state index is -4.58. The third kappa shape index (κ3) is 2.63. The van der Waals surface area contributed by atoms with Crippen molar-refractivity contribution in [2.45, 2.75) is 19.0 Å². The van der Waals surface area contributed by atoms with E-state index in [1.165, 1.54) is 17.0 Å². The van der Waals surface area contributed by atoms with Crippen LogP contribution in [0.1, 0.15) is 28.8 Å². The normalized spacial score (nSPS) is 17.9. The van der Waals surface area contributed by atoms with E-state index in [4.69, 9.17) is 11.6 Å². The summed E-state index contributed by atoms with van der Waals surface area (Å²) in [5.41, 5.74) is 0.933. The molecule has 3 nitrogen and oxygen atoms in total. The average Bonchev–Trinajstić information content (AvgIpc) is 2.93. The fourth-order valence-corrected chi connectivity index (χ4v) is 3.00. The van der Waals surface area contributed by atoms with Gasteiger partial charge in [-0.05, 0) is 17.7 Å². The molecule has 1 aromatic rings. The number of nitrogens with zero attached hydrogens (tertiary/aromatic N) is 2. The standard InChI is InChI=1S/C15H12ClF3N2O/c16-13-10(2-1-3-11(13)15(17,18)19)14(22)21-7-5-12-9(8-21)4-6-20-12/h1-3,6H,4-5,7-8H2. The van der Waals surface area contributed by atoms with Gasteiger partial charge in [-0.1, -0.05) is 17.7 Å². The molecular weight excluding hydrogens is 317 g/mol. The van der Waals surface area contributed by atoms with Crippen molar-refractivity contribution in [1.82, 2.24) is 4.90 Å². The van der Waals surface area contributed by atoms with Gasteiger partial charge in [0.05, 0.1) is 16.1 Å². The molecule has 22 heavy (non-hydrogen) atoms. The molecule has 0 N–H and O–H groups in total. The molecular formula is C15H12ClF3N2O. The third-order valence-electron chi connectivity index (χ3n) is 3.81. The summed E-state index contributed by atoms with van der Waals surface area (Å²) in [5, 5.41) is -0.539. The first kappa shape index (κ1) is 15.1. The van der Waals surface area contributed by atoms with Crippen molar-refractivity contribution in [3.63, 3.8) is 0 Å². The zero-order chi connectivity index (χ0) is 15.9. The van der Waals surface area contributed by atoms with Crippen molar-refractivity contribution >= 4 is 23.7 Å². The van der Waals surface area contributed by atoms with E-state index in [0.29, 0.717) is 25.9 Å². The first-order valence-electron chi connectivity index (χ1n) is 6.76. The largest absolute Gasteiger partial charge is 0.417 e. The lowest BCUT2D eigenvalue weighted by atomic mass is 10.0. The van der Waals surface area contributed by atoms with Gasteiger partial charge >= 0.3 is 6.18 Å². The van der Waals surface area contributed by atoms with Gasteiger partial charge in [0.25, 0.3) is 5.91 Å². The van der Waals surface area contributed by atoms with Crippen LogP contribution in [-0.2, 0) is 6.18 Å². The number of amides is 1. The highest BCUT2D eigenvalue weighted by molar-refractivity contribution is 6.34. The van der Waals surface area contributed by atoms with Gasteiger partial charge in [-0.15, -0.1) is 0 Å². The Hall–Kier alpha value is -1.82. The molecule has 0 saturated carbocycles. The molecule has 1 aromatic carbocycles. The molecule has 2 heterocycles. The van der Waals surface area contributed by atoms with Crippen LogP contribution in [0.15, 0.2) is 34.5 Å². The Labute approximate surface area is 130 Å². The Morgan fingerprint density at radius 3 is 2.82 bits per heavy atom. The molecule has 0 atom stereocenters. The van der Waals surface area contributed by atoms with Crippen molar-refractivity contribution in [1.29, 1.82) is 0 Å². The van der Waals surface area contributed by atoms with E-state index in [2.05, 4.69) is 4.99 Å². The summed E-state index contributed by atoms with van der Waals surface area (Å²) in [5.74, 6) is -0.477. The van der Waals surface area contributed by atoms with Crippen LogP contribution in [0.25, 0.3) is 0 Å². The molecule has 2 aliphatic rings. The fraction of sp³-hybridized carbons (Fsp3) is 0.333. The number of benzene rings is 1. The number of hydrogen-bond acceptors (Lipinski definition) is 2. The maximum Gasteiger partial charge on any atom is 0.417 e. The van der Waals surface area contributed by atoms with Crippen molar-refractivity contribution in [2.75, 3.05) is 13.1 Å². The molecule has 0 spiro atoms. The number of carbonyl (C=O) groups is 1. The number of rotatable bonds is 1. The zero-order valence-corrected chi connectivity index (χ0v) is 12.2. The monoisotopic (exact) mass is 328 g/mol. The van der Waals surface area contributed by atoms with Gasteiger partial charge in [0.15, 0.2) is 0 Å². The molecule has 3 rings (SSSR count). The summed E-state index contributed by atoms with van der Waals surface area (Å²) in [6.45, 7) is 0.822. The summed E-state index contributed by atoms with van der Waals surface area (Å²) >= 11 is 5.81. The van der Waals surface area contributed by atoms with Crippen LogP contribution in [0.3, 0.4) is 0 Å². The Morgan fingerprint density at radius 2 is 2.09 bits per heavy atom. The van der Waals surface area contributed by atoms with E-state index in [1.807, 2.05) is 0 Å². The summed E-state index contributed by atoms with van der Waals surface area (Å²) in [6, 6.07) is 3.41.